The normalized spacial score (nSPS) is 11.7. The molecule has 6 heteroatoms. The first kappa shape index (κ1) is 18.7. The summed E-state index contributed by atoms with van der Waals surface area (Å²) in [6, 6.07) is 10.2. The second-order valence-corrected chi connectivity index (χ2v) is 7.76. The zero-order valence-corrected chi connectivity index (χ0v) is 17.1. The third-order valence-corrected chi connectivity index (χ3v) is 5.36. The molecule has 4 nitrogen and oxygen atoms in total. The van der Waals surface area contributed by atoms with Crippen LogP contribution in [0.2, 0.25) is 5.02 Å². The minimum Gasteiger partial charge on any atom is -0.444 e. The Hall–Kier alpha value is -2.11. The van der Waals surface area contributed by atoms with Gasteiger partial charge < -0.3 is 9.64 Å². The van der Waals surface area contributed by atoms with E-state index >= 15 is 0 Å². The summed E-state index contributed by atoms with van der Waals surface area (Å²) < 4.78 is 10.6. The molecule has 0 saturated heterocycles. The number of aromatic nitrogens is 1. The molecule has 3 aromatic rings. The van der Waals surface area contributed by atoms with Crippen LogP contribution in [0.4, 0.5) is 5.69 Å². The summed E-state index contributed by atoms with van der Waals surface area (Å²) in [5, 5.41) is 2.32. The molecule has 0 spiro atoms. The minimum atomic E-state index is 0.411. The molecule has 1 aromatic heterocycles. The molecule has 0 bridgehead atoms. The van der Waals surface area contributed by atoms with Gasteiger partial charge in [-0.25, -0.2) is 4.99 Å². The Bertz CT molecular complexity index is 965. The molecule has 0 N–H and O–H groups in total. The van der Waals surface area contributed by atoms with Crippen molar-refractivity contribution in [2.45, 2.75) is 33.7 Å². The van der Waals surface area contributed by atoms with Gasteiger partial charge in [0.05, 0.1) is 22.4 Å². The second-order valence-electron chi connectivity index (χ2n) is 6.62. The zero-order chi connectivity index (χ0) is 18.8. The Morgan fingerprint density at radius 2 is 2.00 bits per heavy atom. The monoisotopic (exact) mass is 387 g/mol. The Morgan fingerprint density at radius 1 is 1.23 bits per heavy atom. The maximum atomic E-state index is 6.20. The molecule has 0 aliphatic carbocycles. The van der Waals surface area contributed by atoms with Crippen molar-refractivity contribution in [2.24, 2.45) is 4.99 Å². The van der Waals surface area contributed by atoms with Gasteiger partial charge in [0.15, 0.2) is 0 Å². The molecular formula is C20H22ClN3OS. The summed E-state index contributed by atoms with van der Waals surface area (Å²) in [4.78, 5) is 6.68. The van der Waals surface area contributed by atoms with Gasteiger partial charge in [-0.15, -0.1) is 0 Å². The second kappa shape index (κ2) is 7.64. The van der Waals surface area contributed by atoms with Crippen molar-refractivity contribution < 1.29 is 4.74 Å². The Morgan fingerprint density at radius 3 is 2.73 bits per heavy atom. The van der Waals surface area contributed by atoms with Crippen LogP contribution < -0.4 is 4.74 Å². The molecular weight excluding hydrogens is 366 g/mol. The summed E-state index contributed by atoms with van der Waals surface area (Å²) >= 11 is 7.52. The number of nitrogens with zero attached hydrogens (tertiary/aromatic N) is 3. The fourth-order valence-corrected chi connectivity index (χ4v) is 3.42. The van der Waals surface area contributed by atoms with Gasteiger partial charge in [-0.3, -0.25) is 0 Å². The van der Waals surface area contributed by atoms with E-state index < -0.39 is 0 Å². The van der Waals surface area contributed by atoms with Crippen LogP contribution in [0.15, 0.2) is 35.3 Å². The maximum Gasteiger partial charge on any atom is 0.207 e. The van der Waals surface area contributed by atoms with Crippen molar-refractivity contribution in [2.75, 3.05) is 7.05 Å². The molecule has 0 aliphatic rings. The lowest BCUT2D eigenvalue weighted by Gasteiger charge is -2.17. The van der Waals surface area contributed by atoms with E-state index in [0.29, 0.717) is 11.1 Å². The predicted molar refractivity (Wildman–Crippen MR) is 112 cm³/mol. The quantitative estimate of drug-likeness (QED) is 0.377. The smallest absolute Gasteiger partial charge is 0.207 e. The van der Waals surface area contributed by atoms with Gasteiger partial charge in [-0.2, -0.15) is 4.37 Å². The van der Waals surface area contributed by atoms with E-state index in [-0.39, 0.29) is 0 Å². The predicted octanol–water partition coefficient (Wildman–Crippen LogP) is 6.36. The lowest BCUT2D eigenvalue weighted by atomic mass is 10.1. The summed E-state index contributed by atoms with van der Waals surface area (Å²) in [6.07, 6.45) is 1.87. The highest BCUT2D eigenvalue weighted by atomic mass is 35.5. The lowest BCUT2D eigenvalue weighted by molar-refractivity contribution is 0.429. The third kappa shape index (κ3) is 3.84. The molecule has 1 heterocycles. The molecule has 0 unspecified atom stereocenters. The van der Waals surface area contributed by atoms with Gasteiger partial charge in [0.1, 0.15) is 11.3 Å². The van der Waals surface area contributed by atoms with Crippen LogP contribution in [-0.2, 0) is 0 Å². The SMILES string of the molecule is Cc1cc(Oc2snc3c(Cl)cccc23)c(C)cc1N=CN(C)C(C)C. The number of rotatable bonds is 5. The first-order chi connectivity index (χ1) is 12.4. The van der Waals surface area contributed by atoms with Crippen LogP contribution in [0.25, 0.3) is 10.9 Å². The van der Waals surface area contributed by atoms with Crippen molar-refractivity contribution in [1.82, 2.24) is 9.27 Å². The number of hydrogen-bond acceptors (Lipinski definition) is 4. The summed E-state index contributed by atoms with van der Waals surface area (Å²) in [7, 11) is 2.02. The highest BCUT2D eigenvalue weighted by molar-refractivity contribution is 7.09. The highest BCUT2D eigenvalue weighted by Gasteiger charge is 2.13. The van der Waals surface area contributed by atoms with Crippen molar-refractivity contribution in [1.29, 1.82) is 0 Å². The van der Waals surface area contributed by atoms with Crippen molar-refractivity contribution in [3.8, 4) is 10.8 Å². The fourth-order valence-electron chi connectivity index (χ4n) is 2.39. The van der Waals surface area contributed by atoms with Gasteiger partial charge in [-0.05, 0) is 63.1 Å². The van der Waals surface area contributed by atoms with Crippen LogP contribution in [0, 0.1) is 13.8 Å². The summed E-state index contributed by atoms with van der Waals surface area (Å²) in [5.41, 5.74) is 3.81. The van der Waals surface area contributed by atoms with E-state index in [1.54, 1.807) is 0 Å². The van der Waals surface area contributed by atoms with Gasteiger partial charge in [0, 0.05) is 24.6 Å². The van der Waals surface area contributed by atoms with E-state index in [9.17, 15) is 0 Å². The Labute approximate surface area is 163 Å². The standard InChI is InChI=1S/C20H22ClN3OS/c1-12(2)24(5)11-22-17-9-14(4)18(10-13(17)3)25-20-15-7-6-8-16(21)19(15)23-26-20/h6-12H,1-5H3. The first-order valence-electron chi connectivity index (χ1n) is 8.46. The van der Waals surface area contributed by atoms with Crippen molar-refractivity contribution >= 4 is 46.1 Å². The van der Waals surface area contributed by atoms with E-state index in [0.717, 1.165) is 38.5 Å². The van der Waals surface area contributed by atoms with Crippen LogP contribution in [-0.4, -0.2) is 28.7 Å². The largest absolute Gasteiger partial charge is 0.444 e. The summed E-state index contributed by atoms with van der Waals surface area (Å²) in [5.74, 6) is 0.809. The zero-order valence-electron chi connectivity index (χ0n) is 15.6. The molecule has 0 saturated carbocycles. The molecule has 26 heavy (non-hydrogen) atoms. The number of aliphatic imine (C=N–C) groups is 1. The number of hydrogen-bond donors (Lipinski definition) is 0. The number of ether oxygens (including phenoxy) is 1. The van der Waals surface area contributed by atoms with Crippen molar-refractivity contribution in [3.05, 3.63) is 46.5 Å². The Balaban J connectivity index is 1.89. The fraction of sp³-hybridized carbons (Fsp3) is 0.300. The summed E-state index contributed by atoms with van der Waals surface area (Å²) in [6.45, 7) is 8.32. The molecule has 0 fully saturated rings. The molecule has 0 amide bonds. The van der Waals surface area contributed by atoms with Crippen molar-refractivity contribution in [3.63, 3.8) is 0 Å². The van der Waals surface area contributed by atoms with Crippen LogP contribution >= 0.6 is 23.1 Å². The number of aryl methyl sites for hydroxylation is 2. The van der Waals surface area contributed by atoms with Gasteiger partial charge in [-0.1, -0.05) is 17.7 Å². The average Bonchev–Trinajstić information content (AvgIpc) is 3.00. The molecule has 136 valence electrons. The van der Waals surface area contributed by atoms with Gasteiger partial charge in [0.2, 0.25) is 5.06 Å². The van der Waals surface area contributed by atoms with Crippen LogP contribution in [0.5, 0.6) is 10.8 Å². The molecule has 3 rings (SSSR count). The van der Waals surface area contributed by atoms with Gasteiger partial charge >= 0.3 is 0 Å². The maximum absolute atomic E-state index is 6.20. The van der Waals surface area contributed by atoms with E-state index in [1.165, 1.54) is 11.5 Å². The molecule has 0 aliphatic heterocycles. The minimum absolute atomic E-state index is 0.411. The third-order valence-electron chi connectivity index (χ3n) is 4.32. The average molecular weight is 388 g/mol. The number of benzene rings is 2. The first-order valence-corrected chi connectivity index (χ1v) is 9.61. The van der Waals surface area contributed by atoms with E-state index in [1.807, 2.05) is 57.6 Å². The van der Waals surface area contributed by atoms with Crippen LogP contribution in [0.1, 0.15) is 25.0 Å². The molecule has 0 radical (unpaired) electrons. The van der Waals surface area contributed by atoms with E-state index in [2.05, 4.69) is 28.1 Å². The lowest BCUT2D eigenvalue weighted by Crippen LogP contribution is -2.24. The Kier molecular flexibility index (Phi) is 5.49. The van der Waals surface area contributed by atoms with Gasteiger partial charge in [0.25, 0.3) is 0 Å². The van der Waals surface area contributed by atoms with Crippen LogP contribution in [0.3, 0.4) is 0 Å². The molecule has 0 atom stereocenters. The number of fused-ring (bicyclic) bond motifs is 1. The number of halogens is 1. The highest BCUT2D eigenvalue weighted by Crippen LogP contribution is 2.39. The molecule has 2 aromatic carbocycles. The van der Waals surface area contributed by atoms with E-state index in [4.69, 9.17) is 16.3 Å². The topological polar surface area (TPSA) is 37.7 Å².